The summed E-state index contributed by atoms with van der Waals surface area (Å²) >= 11 is 0. The molecule has 3 amide bonds. The number of nitrogens with one attached hydrogen (secondary N) is 2. The maximum Gasteiger partial charge on any atom is 0.318 e. The molecule has 0 saturated carbocycles. The normalized spacial score (nSPS) is 17.1. The smallest absolute Gasteiger partial charge is 0.318 e. The van der Waals surface area contributed by atoms with Gasteiger partial charge in [0.15, 0.2) is 0 Å². The number of carbonyl (C=O) groups excluding carboxylic acids is 2. The lowest BCUT2D eigenvalue weighted by molar-refractivity contribution is -0.121. The first-order valence-corrected chi connectivity index (χ1v) is 15.4. The van der Waals surface area contributed by atoms with Crippen LogP contribution in [-0.2, 0) is 17.8 Å². The Hall–Kier alpha value is -4.14. The van der Waals surface area contributed by atoms with Crippen LogP contribution in [0.1, 0.15) is 29.0 Å². The average molecular weight is 579 g/mol. The molecule has 2 unspecified atom stereocenters. The van der Waals surface area contributed by atoms with E-state index in [0.29, 0.717) is 26.2 Å². The minimum atomic E-state index is -0.734. The second-order valence-corrected chi connectivity index (χ2v) is 12.1. The Morgan fingerprint density at radius 3 is 2.40 bits per heavy atom. The van der Waals surface area contributed by atoms with E-state index in [9.17, 15) is 9.59 Å². The van der Waals surface area contributed by atoms with E-state index in [1.165, 1.54) is 11.1 Å². The van der Waals surface area contributed by atoms with Gasteiger partial charge in [0.25, 0.3) is 0 Å². The van der Waals surface area contributed by atoms with Crippen molar-refractivity contribution in [2.45, 2.75) is 31.3 Å². The number of rotatable bonds is 8. The van der Waals surface area contributed by atoms with E-state index in [1.807, 2.05) is 66.5 Å². The van der Waals surface area contributed by atoms with E-state index in [2.05, 4.69) is 62.6 Å². The van der Waals surface area contributed by atoms with Crippen molar-refractivity contribution in [1.29, 1.82) is 0 Å². The quantitative estimate of drug-likeness (QED) is 0.318. The second-order valence-electron chi connectivity index (χ2n) is 12.1. The zero-order valence-corrected chi connectivity index (χ0v) is 25.2. The second kappa shape index (κ2) is 13.0. The predicted octanol–water partition coefficient (Wildman–Crippen LogP) is 4.69. The van der Waals surface area contributed by atoms with Gasteiger partial charge in [-0.2, -0.15) is 0 Å². The van der Waals surface area contributed by atoms with E-state index in [0.717, 1.165) is 54.6 Å². The average Bonchev–Trinajstić information content (AvgIpc) is 3.47. The molecule has 3 aromatic carbocycles. The number of benzene rings is 3. The highest BCUT2D eigenvalue weighted by Gasteiger charge is 2.38. The van der Waals surface area contributed by atoms with Crippen molar-refractivity contribution in [3.05, 3.63) is 102 Å². The maximum atomic E-state index is 14.6. The highest BCUT2D eigenvalue weighted by Crippen LogP contribution is 2.33. The first kappa shape index (κ1) is 29.0. The topological polar surface area (TPSA) is 74.9 Å². The summed E-state index contributed by atoms with van der Waals surface area (Å²) in [6.07, 6.45) is 3.86. The van der Waals surface area contributed by atoms with Gasteiger partial charge in [0.2, 0.25) is 5.91 Å². The Labute approximate surface area is 254 Å². The molecule has 6 rings (SSSR count). The molecule has 1 fully saturated rings. The van der Waals surface area contributed by atoms with E-state index in [-0.39, 0.29) is 17.9 Å². The monoisotopic (exact) mass is 578 g/mol. The van der Waals surface area contributed by atoms with Crippen LogP contribution in [0.15, 0.2) is 85.1 Å². The number of fused-ring (bicyclic) bond motifs is 2. The third-order valence-corrected chi connectivity index (χ3v) is 8.81. The minimum absolute atomic E-state index is 0.0552. The van der Waals surface area contributed by atoms with Gasteiger partial charge in [0.05, 0.1) is 0 Å². The summed E-state index contributed by atoms with van der Waals surface area (Å²) < 4.78 is 0. The molecule has 0 aliphatic carbocycles. The summed E-state index contributed by atoms with van der Waals surface area (Å²) in [6.45, 7) is 4.96. The van der Waals surface area contributed by atoms with Gasteiger partial charge in [-0.25, -0.2) is 4.79 Å². The van der Waals surface area contributed by atoms with E-state index < -0.39 is 6.04 Å². The van der Waals surface area contributed by atoms with Crippen LogP contribution >= 0.6 is 0 Å². The number of anilines is 1. The third kappa shape index (κ3) is 6.45. The molecule has 224 valence electrons. The Kier molecular flexibility index (Phi) is 8.77. The van der Waals surface area contributed by atoms with Crippen molar-refractivity contribution in [2.24, 2.45) is 0 Å². The molecule has 0 radical (unpaired) electrons. The first-order valence-electron chi connectivity index (χ1n) is 15.4. The summed E-state index contributed by atoms with van der Waals surface area (Å²) in [7, 11) is 4.04. The van der Waals surface area contributed by atoms with Gasteiger partial charge >= 0.3 is 6.03 Å². The number of nitrogens with zero attached hydrogens (tertiary/aromatic N) is 4. The molecular formula is C35H42N6O2. The number of piperazine rings is 1. The number of urea groups is 1. The predicted molar refractivity (Wildman–Crippen MR) is 172 cm³/mol. The highest BCUT2D eigenvalue weighted by molar-refractivity contribution is 6.01. The Bertz CT molecular complexity index is 1540. The molecule has 0 bridgehead atoms. The summed E-state index contributed by atoms with van der Waals surface area (Å²) in [5.74, 6) is -0.309. The van der Waals surface area contributed by atoms with Gasteiger partial charge < -0.3 is 25.0 Å². The largest absolute Gasteiger partial charge is 0.361 e. The summed E-state index contributed by atoms with van der Waals surface area (Å²) in [4.78, 5) is 40.2. The minimum Gasteiger partial charge on any atom is -0.361 e. The molecule has 2 aliphatic rings. The fourth-order valence-electron chi connectivity index (χ4n) is 6.62. The van der Waals surface area contributed by atoms with Crippen molar-refractivity contribution in [3.8, 4) is 0 Å². The number of amides is 3. The van der Waals surface area contributed by atoms with Gasteiger partial charge in [-0.15, -0.1) is 0 Å². The highest BCUT2D eigenvalue weighted by atomic mass is 16.2. The zero-order chi connectivity index (χ0) is 29.8. The van der Waals surface area contributed by atoms with Crippen LogP contribution in [0.4, 0.5) is 10.5 Å². The number of aromatic amines is 1. The molecule has 1 aromatic heterocycles. The molecule has 2 atom stereocenters. The van der Waals surface area contributed by atoms with Crippen molar-refractivity contribution in [3.63, 3.8) is 0 Å². The van der Waals surface area contributed by atoms with E-state index >= 15 is 0 Å². The van der Waals surface area contributed by atoms with Crippen LogP contribution in [0.25, 0.3) is 10.9 Å². The number of H-pyrrole nitrogens is 1. The van der Waals surface area contributed by atoms with Gasteiger partial charge in [0, 0.05) is 74.5 Å². The first-order chi connectivity index (χ1) is 21.0. The lowest BCUT2D eigenvalue weighted by Gasteiger charge is -2.39. The Morgan fingerprint density at radius 2 is 1.60 bits per heavy atom. The fourth-order valence-corrected chi connectivity index (χ4v) is 6.62. The standard InChI is InChI=1S/C35H42N6O2/c1-38(2)25-30(29-23-36-31-16-8-7-15-28(29)31)33(34(42)41-18-10-14-27-13-6-9-17-32(27)41)37-35(43)40-21-19-39(20-22-40)24-26-11-4-3-5-12-26/h3-9,11-13,15-17,23,30,33,36H,10,14,18-22,24-25H2,1-2H3,(H,37,43). The van der Waals surface area contributed by atoms with E-state index in [4.69, 9.17) is 0 Å². The molecule has 8 nitrogen and oxygen atoms in total. The number of para-hydroxylation sites is 2. The summed E-state index contributed by atoms with van der Waals surface area (Å²) in [6, 6.07) is 25.9. The van der Waals surface area contributed by atoms with Crippen LogP contribution in [0, 0.1) is 0 Å². The van der Waals surface area contributed by atoms with Crippen molar-refractivity contribution < 1.29 is 9.59 Å². The molecule has 8 heteroatoms. The maximum absolute atomic E-state index is 14.6. The van der Waals surface area contributed by atoms with Crippen molar-refractivity contribution in [1.82, 2.24) is 25.0 Å². The number of aryl methyl sites for hydroxylation is 1. The van der Waals surface area contributed by atoms with Crippen LogP contribution in [0.3, 0.4) is 0 Å². The Balaban J connectivity index is 1.27. The zero-order valence-electron chi connectivity index (χ0n) is 25.2. The lowest BCUT2D eigenvalue weighted by atomic mass is 9.88. The molecule has 1 saturated heterocycles. The van der Waals surface area contributed by atoms with E-state index in [1.54, 1.807) is 0 Å². The number of hydrogen-bond donors (Lipinski definition) is 2. The number of aromatic nitrogens is 1. The molecular weight excluding hydrogens is 536 g/mol. The molecule has 4 aromatic rings. The number of carbonyl (C=O) groups is 2. The fraction of sp³-hybridized carbons (Fsp3) is 0.371. The Morgan fingerprint density at radius 1 is 0.884 bits per heavy atom. The summed E-state index contributed by atoms with van der Waals surface area (Å²) in [5, 5.41) is 4.35. The number of likely N-dealkylation sites (N-methyl/N-ethyl adjacent to an activating group) is 1. The van der Waals surface area contributed by atoms with Crippen LogP contribution in [0.5, 0.6) is 0 Å². The SMILES string of the molecule is CN(C)CC(c1c[nH]c2ccccc12)C(NC(=O)N1CCN(Cc2ccccc2)CC1)C(=O)N1CCCc2ccccc21. The molecule has 43 heavy (non-hydrogen) atoms. The van der Waals surface area contributed by atoms with Crippen molar-refractivity contribution >= 4 is 28.5 Å². The van der Waals surface area contributed by atoms with Crippen LogP contribution < -0.4 is 10.2 Å². The molecule has 0 spiro atoms. The van der Waals surface area contributed by atoms with Crippen LogP contribution in [-0.4, -0.2) is 91.0 Å². The molecule has 2 N–H and O–H groups in total. The van der Waals surface area contributed by atoms with Gasteiger partial charge in [0.1, 0.15) is 6.04 Å². The lowest BCUT2D eigenvalue weighted by Crippen LogP contribution is -2.59. The van der Waals surface area contributed by atoms with Gasteiger partial charge in [-0.1, -0.05) is 66.7 Å². The number of hydrogen-bond acceptors (Lipinski definition) is 4. The van der Waals surface area contributed by atoms with Crippen LogP contribution in [0.2, 0.25) is 0 Å². The summed E-state index contributed by atoms with van der Waals surface area (Å²) in [5.41, 5.74) is 5.48. The van der Waals surface area contributed by atoms with Gasteiger partial charge in [-0.3, -0.25) is 9.69 Å². The molecule has 3 heterocycles. The van der Waals surface area contributed by atoms with Gasteiger partial charge in [-0.05, 0) is 55.8 Å². The molecule has 2 aliphatic heterocycles. The van der Waals surface area contributed by atoms with Crippen molar-refractivity contribution in [2.75, 3.05) is 58.3 Å². The third-order valence-electron chi connectivity index (χ3n) is 8.81.